The molecular weight excluding hydrogens is 224 g/mol. The number of carbonyl (C=O) groups excluding carboxylic acids is 1. The van der Waals surface area contributed by atoms with Crippen molar-refractivity contribution >= 4 is 5.91 Å². The van der Waals surface area contributed by atoms with Crippen LogP contribution in [0.3, 0.4) is 0 Å². The van der Waals surface area contributed by atoms with Gasteiger partial charge in [0.2, 0.25) is 5.91 Å². The maximum Gasteiger partial charge on any atom is 0.240 e. The van der Waals surface area contributed by atoms with Crippen molar-refractivity contribution in [2.75, 3.05) is 0 Å². The lowest BCUT2D eigenvalue weighted by Gasteiger charge is -2.12. The fourth-order valence-electron chi connectivity index (χ4n) is 1.92. The van der Waals surface area contributed by atoms with E-state index in [1.165, 1.54) is 5.56 Å². The zero-order valence-electron chi connectivity index (χ0n) is 11.2. The van der Waals surface area contributed by atoms with Crippen LogP contribution in [-0.4, -0.2) is 11.4 Å². The Morgan fingerprint density at radius 2 is 2.00 bits per heavy atom. The van der Waals surface area contributed by atoms with Gasteiger partial charge in [-0.15, -0.1) is 0 Å². The fraction of sp³-hybridized carbons (Fsp3) is 0.533. The van der Waals surface area contributed by atoms with Gasteiger partial charge in [-0.3, -0.25) is 4.79 Å². The van der Waals surface area contributed by atoms with Gasteiger partial charge in [0.05, 0.1) is 5.54 Å². The second kappa shape index (κ2) is 5.11. The summed E-state index contributed by atoms with van der Waals surface area (Å²) < 4.78 is 0. The molecule has 1 saturated carbocycles. The molecule has 0 saturated heterocycles. The van der Waals surface area contributed by atoms with Crippen molar-refractivity contribution < 1.29 is 4.79 Å². The number of hydrogen-bond acceptors (Lipinski definition) is 2. The Bertz CT molecular complexity index is 421. The van der Waals surface area contributed by atoms with Crippen LogP contribution >= 0.6 is 0 Å². The molecule has 1 unspecified atom stereocenters. The molecule has 0 aromatic heterocycles. The minimum Gasteiger partial charge on any atom is -0.350 e. The normalized spacial score (nSPS) is 18.2. The third-order valence-electron chi connectivity index (χ3n) is 3.86. The summed E-state index contributed by atoms with van der Waals surface area (Å²) in [6, 6.07) is 8.45. The molecule has 1 aliphatic carbocycles. The smallest absolute Gasteiger partial charge is 0.240 e. The first-order valence-electron chi connectivity index (χ1n) is 6.71. The highest BCUT2D eigenvalue weighted by atomic mass is 16.2. The van der Waals surface area contributed by atoms with E-state index in [0.717, 1.165) is 24.8 Å². The van der Waals surface area contributed by atoms with Crippen molar-refractivity contribution in [2.45, 2.75) is 51.1 Å². The Hall–Kier alpha value is -1.35. The van der Waals surface area contributed by atoms with E-state index < -0.39 is 5.54 Å². The molecule has 0 bridgehead atoms. The Labute approximate surface area is 109 Å². The van der Waals surface area contributed by atoms with Crippen LogP contribution < -0.4 is 11.1 Å². The van der Waals surface area contributed by atoms with Crippen LogP contribution in [0.2, 0.25) is 0 Å². The molecule has 2 rings (SSSR count). The average molecular weight is 246 g/mol. The number of hydrogen-bond donors (Lipinski definition) is 2. The van der Waals surface area contributed by atoms with Crippen molar-refractivity contribution in [3.63, 3.8) is 0 Å². The van der Waals surface area contributed by atoms with Gasteiger partial charge in [-0.2, -0.15) is 0 Å². The molecule has 18 heavy (non-hydrogen) atoms. The quantitative estimate of drug-likeness (QED) is 0.837. The summed E-state index contributed by atoms with van der Waals surface area (Å²) in [7, 11) is 0. The summed E-state index contributed by atoms with van der Waals surface area (Å²) in [5.41, 5.74) is 7.73. The molecule has 1 atom stereocenters. The highest BCUT2D eigenvalue weighted by Crippen LogP contribution is 2.32. The molecule has 1 aliphatic rings. The third-order valence-corrected chi connectivity index (χ3v) is 3.86. The van der Waals surface area contributed by atoms with Crippen LogP contribution in [0.4, 0.5) is 0 Å². The topological polar surface area (TPSA) is 55.1 Å². The maximum absolute atomic E-state index is 11.7. The first-order valence-corrected chi connectivity index (χ1v) is 6.71. The lowest BCUT2D eigenvalue weighted by molar-refractivity contribution is -0.123. The van der Waals surface area contributed by atoms with Gasteiger partial charge in [0.1, 0.15) is 0 Å². The van der Waals surface area contributed by atoms with Gasteiger partial charge in [-0.05, 0) is 36.3 Å². The Balaban J connectivity index is 1.88. The van der Waals surface area contributed by atoms with Crippen LogP contribution in [0, 0.1) is 0 Å². The van der Waals surface area contributed by atoms with E-state index in [9.17, 15) is 4.79 Å². The molecule has 98 valence electrons. The highest BCUT2D eigenvalue weighted by Gasteiger charge is 2.45. The van der Waals surface area contributed by atoms with Crippen molar-refractivity contribution in [3.05, 3.63) is 35.4 Å². The van der Waals surface area contributed by atoms with Gasteiger partial charge in [0.25, 0.3) is 0 Å². The van der Waals surface area contributed by atoms with E-state index >= 15 is 0 Å². The molecule has 0 radical (unpaired) electrons. The first-order chi connectivity index (χ1) is 8.55. The van der Waals surface area contributed by atoms with Crippen molar-refractivity contribution in [1.82, 2.24) is 5.32 Å². The van der Waals surface area contributed by atoms with Gasteiger partial charge in [-0.1, -0.05) is 38.1 Å². The van der Waals surface area contributed by atoms with Gasteiger partial charge < -0.3 is 11.1 Å². The molecule has 0 heterocycles. The summed E-state index contributed by atoms with van der Waals surface area (Å²) in [6.45, 7) is 4.98. The largest absolute Gasteiger partial charge is 0.350 e. The number of amides is 1. The summed E-state index contributed by atoms with van der Waals surface area (Å²) >= 11 is 0. The molecule has 0 aliphatic heterocycles. The van der Waals surface area contributed by atoms with Crippen LogP contribution in [0.15, 0.2) is 24.3 Å². The maximum atomic E-state index is 11.7. The van der Waals surface area contributed by atoms with E-state index in [-0.39, 0.29) is 5.91 Å². The molecule has 1 fully saturated rings. The Morgan fingerprint density at radius 1 is 1.39 bits per heavy atom. The predicted octanol–water partition coefficient (Wildman–Crippen LogP) is 2.31. The monoisotopic (exact) mass is 246 g/mol. The van der Waals surface area contributed by atoms with Crippen molar-refractivity contribution in [3.8, 4) is 0 Å². The number of benzene rings is 1. The zero-order chi connectivity index (χ0) is 13.2. The Morgan fingerprint density at radius 3 is 2.50 bits per heavy atom. The zero-order valence-corrected chi connectivity index (χ0v) is 11.2. The van der Waals surface area contributed by atoms with E-state index in [2.05, 4.69) is 43.4 Å². The van der Waals surface area contributed by atoms with Gasteiger partial charge in [0.15, 0.2) is 0 Å². The van der Waals surface area contributed by atoms with E-state index in [1.54, 1.807) is 0 Å². The lowest BCUT2D eigenvalue weighted by Crippen LogP contribution is -2.42. The molecular formula is C15H22N2O. The molecule has 3 heteroatoms. The van der Waals surface area contributed by atoms with Crippen LogP contribution in [-0.2, 0) is 11.3 Å². The minimum absolute atomic E-state index is 0.0199. The van der Waals surface area contributed by atoms with Gasteiger partial charge >= 0.3 is 0 Å². The Kier molecular flexibility index (Phi) is 3.71. The predicted molar refractivity (Wildman–Crippen MR) is 73.1 cm³/mol. The molecule has 1 aromatic carbocycles. The summed E-state index contributed by atoms with van der Waals surface area (Å²) in [4.78, 5) is 11.7. The molecule has 3 N–H and O–H groups in total. The first kappa shape index (κ1) is 13.1. The molecule has 0 spiro atoms. The van der Waals surface area contributed by atoms with E-state index in [0.29, 0.717) is 12.5 Å². The molecule has 3 nitrogen and oxygen atoms in total. The average Bonchev–Trinajstić information content (AvgIpc) is 3.15. The van der Waals surface area contributed by atoms with E-state index in [1.807, 2.05) is 0 Å². The second-order valence-electron chi connectivity index (χ2n) is 5.39. The number of carbonyl (C=O) groups is 1. The highest BCUT2D eigenvalue weighted by molar-refractivity contribution is 5.88. The van der Waals surface area contributed by atoms with E-state index in [4.69, 9.17) is 5.73 Å². The molecule has 1 aromatic rings. The fourth-order valence-corrected chi connectivity index (χ4v) is 1.92. The second-order valence-corrected chi connectivity index (χ2v) is 5.39. The number of rotatable bonds is 5. The van der Waals surface area contributed by atoms with Crippen molar-refractivity contribution in [1.29, 1.82) is 0 Å². The van der Waals surface area contributed by atoms with Gasteiger partial charge in [0, 0.05) is 6.54 Å². The van der Waals surface area contributed by atoms with Crippen LogP contribution in [0.1, 0.15) is 50.2 Å². The van der Waals surface area contributed by atoms with Crippen LogP contribution in [0.5, 0.6) is 0 Å². The number of nitrogens with one attached hydrogen (secondary N) is 1. The number of nitrogens with two attached hydrogens (primary N) is 1. The summed E-state index contributed by atoms with van der Waals surface area (Å²) in [5.74, 6) is 0.570. The summed E-state index contributed by atoms with van der Waals surface area (Å²) in [5, 5.41) is 2.90. The standard InChI is InChI=1S/C15H22N2O/c1-3-11(2)13-6-4-12(5-7-13)10-17-14(18)15(16)8-9-15/h4-7,11H,3,8-10,16H2,1-2H3,(H,17,18). The van der Waals surface area contributed by atoms with Gasteiger partial charge in [-0.25, -0.2) is 0 Å². The van der Waals surface area contributed by atoms with Crippen LogP contribution in [0.25, 0.3) is 0 Å². The molecule has 1 amide bonds. The van der Waals surface area contributed by atoms with Crippen molar-refractivity contribution in [2.24, 2.45) is 5.73 Å². The minimum atomic E-state index is -0.573. The lowest BCUT2D eigenvalue weighted by atomic mass is 9.98. The third kappa shape index (κ3) is 2.91. The summed E-state index contributed by atoms with van der Waals surface area (Å²) in [6.07, 6.45) is 2.77. The SMILES string of the molecule is CCC(C)c1ccc(CNC(=O)C2(N)CC2)cc1.